The zero-order chi connectivity index (χ0) is 22.3. The van der Waals surface area contributed by atoms with Gasteiger partial charge in [0.05, 0.1) is 5.57 Å². The van der Waals surface area contributed by atoms with Crippen molar-refractivity contribution in [3.05, 3.63) is 75.9 Å². The van der Waals surface area contributed by atoms with E-state index in [1.54, 1.807) is 0 Å². The first kappa shape index (κ1) is 22.9. The summed E-state index contributed by atoms with van der Waals surface area (Å²) in [6, 6.07) is 9.99. The molecule has 0 amide bonds. The first-order chi connectivity index (χ1) is 13.1. The molecule has 1 atom stereocenters. The minimum Gasteiger partial charge on any atom is -0.478 e. The molecule has 0 spiro atoms. The summed E-state index contributed by atoms with van der Waals surface area (Å²) >= 11 is 0. The minimum absolute atomic E-state index is 0.00710. The van der Waals surface area contributed by atoms with Crippen molar-refractivity contribution in [1.82, 2.24) is 0 Å². The second-order valence-electron chi connectivity index (χ2n) is 10.1. The van der Waals surface area contributed by atoms with E-state index in [0.29, 0.717) is 11.1 Å². The van der Waals surface area contributed by atoms with Gasteiger partial charge < -0.3 is 10.2 Å². The van der Waals surface area contributed by atoms with Crippen molar-refractivity contribution in [1.29, 1.82) is 0 Å². The Morgan fingerprint density at radius 2 is 1.45 bits per heavy atom. The van der Waals surface area contributed by atoms with Crippen LogP contribution in [0.5, 0.6) is 0 Å². The largest absolute Gasteiger partial charge is 0.478 e. The van der Waals surface area contributed by atoms with Crippen molar-refractivity contribution >= 4 is 11.5 Å². The maximum absolute atomic E-state index is 11.8. The van der Waals surface area contributed by atoms with E-state index in [1.165, 1.54) is 0 Å². The molecule has 3 heteroatoms. The summed E-state index contributed by atoms with van der Waals surface area (Å²) in [6.07, 6.45) is -0.942. The summed E-state index contributed by atoms with van der Waals surface area (Å²) in [5.41, 5.74) is 5.59. The fraction of sp³-hybridized carbons (Fsp3) is 0.423. The van der Waals surface area contributed by atoms with Crippen LogP contribution in [0.2, 0.25) is 0 Å². The Bertz CT molecular complexity index is 953. The van der Waals surface area contributed by atoms with Crippen LogP contribution in [0.1, 0.15) is 86.6 Å². The van der Waals surface area contributed by atoms with Crippen LogP contribution in [-0.4, -0.2) is 16.2 Å². The smallest absolute Gasteiger partial charge is 0.335 e. The van der Waals surface area contributed by atoms with Crippen LogP contribution >= 0.6 is 0 Å². The van der Waals surface area contributed by atoms with Crippen molar-refractivity contribution < 1.29 is 15.0 Å². The lowest BCUT2D eigenvalue weighted by atomic mass is 9.77. The van der Waals surface area contributed by atoms with Gasteiger partial charge in [0.1, 0.15) is 6.10 Å². The van der Waals surface area contributed by atoms with Gasteiger partial charge in [0.2, 0.25) is 0 Å². The van der Waals surface area contributed by atoms with Gasteiger partial charge in [-0.15, -0.1) is 0 Å². The van der Waals surface area contributed by atoms with E-state index in [0.717, 1.165) is 27.8 Å². The molecular formula is C26H34O3. The monoisotopic (exact) mass is 394 g/mol. The number of hydrogen-bond acceptors (Lipinski definition) is 2. The number of aliphatic hydroxyl groups is 1. The first-order valence-electron chi connectivity index (χ1n) is 10.0. The van der Waals surface area contributed by atoms with Crippen LogP contribution in [0.15, 0.2) is 36.9 Å². The molecule has 2 aromatic carbocycles. The van der Waals surface area contributed by atoms with Gasteiger partial charge in [-0.3, -0.25) is 0 Å². The van der Waals surface area contributed by atoms with Crippen LogP contribution in [0.4, 0.5) is 0 Å². The maximum Gasteiger partial charge on any atom is 0.335 e. The molecule has 0 aliphatic heterocycles. The highest BCUT2D eigenvalue weighted by Gasteiger charge is 2.28. The lowest BCUT2D eigenvalue weighted by Gasteiger charge is -2.28. The number of hydrogen-bond donors (Lipinski definition) is 2. The fourth-order valence-corrected chi connectivity index (χ4v) is 3.65. The summed E-state index contributed by atoms with van der Waals surface area (Å²) in [5.74, 6) is -1.08. The standard InChI is InChI=1S/C26H34O3/c1-15-10-18(14-19(11-15)25(4,5)6)23(27)20-12-16(2)13-21(26(7,8)9)22(20)17(3)24(28)29/h10-14,23,27H,3H2,1-2,4-9H3,(H,28,29). The zero-order valence-corrected chi connectivity index (χ0v) is 19.0. The van der Waals surface area contributed by atoms with E-state index < -0.39 is 12.1 Å². The molecule has 2 aromatic rings. The van der Waals surface area contributed by atoms with Gasteiger partial charge in [-0.2, -0.15) is 0 Å². The Morgan fingerprint density at radius 3 is 1.93 bits per heavy atom. The van der Waals surface area contributed by atoms with E-state index >= 15 is 0 Å². The topological polar surface area (TPSA) is 57.5 Å². The SMILES string of the molecule is C=C(C(=O)O)c1c(C(O)c2cc(C)cc(C(C)(C)C)c2)cc(C)cc1C(C)(C)C. The van der Waals surface area contributed by atoms with Crippen LogP contribution in [0.3, 0.4) is 0 Å². The molecule has 156 valence electrons. The molecule has 0 heterocycles. The lowest BCUT2D eigenvalue weighted by molar-refractivity contribution is -0.130. The maximum atomic E-state index is 11.8. The van der Waals surface area contributed by atoms with Crippen LogP contribution in [-0.2, 0) is 15.6 Å². The zero-order valence-electron chi connectivity index (χ0n) is 19.0. The van der Waals surface area contributed by atoms with Gasteiger partial charge in [-0.25, -0.2) is 4.79 Å². The average molecular weight is 395 g/mol. The first-order valence-corrected chi connectivity index (χ1v) is 10.0. The quantitative estimate of drug-likeness (QED) is 0.618. The number of aliphatic carboxylic acids is 1. The highest BCUT2D eigenvalue weighted by Crippen LogP contribution is 2.38. The molecule has 0 bridgehead atoms. The number of carboxylic acid groups (broad SMARTS) is 1. The van der Waals surface area contributed by atoms with Gasteiger partial charge in [0.15, 0.2) is 0 Å². The molecule has 29 heavy (non-hydrogen) atoms. The van der Waals surface area contributed by atoms with Crippen LogP contribution in [0, 0.1) is 13.8 Å². The number of rotatable bonds is 4. The number of carbonyl (C=O) groups is 1. The molecule has 0 fully saturated rings. The van der Waals surface area contributed by atoms with E-state index in [-0.39, 0.29) is 16.4 Å². The van der Waals surface area contributed by atoms with Crippen LogP contribution in [0.25, 0.3) is 5.57 Å². The predicted molar refractivity (Wildman–Crippen MR) is 120 cm³/mol. The summed E-state index contributed by atoms with van der Waals surface area (Å²) in [5, 5.41) is 21.1. The molecular weight excluding hydrogens is 360 g/mol. The third kappa shape index (κ3) is 4.97. The van der Waals surface area contributed by atoms with Crippen molar-refractivity contribution in [2.24, 2.45) is 0 Å². The number of aryl methyl sites for hydroxylation is 2. The fourth-order valence-electron chi connectivity index (χ4n) is 3.65. The molecule has 0 aromatic heterocycles. The highest BCUT2D eigenvalue weighted by molar-refractivity contribution is 6.15. The summed E-state index contributed by atoms with van der Waals surface area (Å²) < 4.78 is 0. The van der Waals surface area contributed by atoms with Gasteiger partial charge in [-0.05, 0) is 52.5 Å². The third-order valence-corrected chi connectivity index (χ3v) is 5.26. The second-order valence-corrected chi connectivity index (χ2v) is 10.1. The average Bonchev–Trinajstić information content (AvgIpc) is 2.57. The number of benzene rings is 2. The Hall–Kier alpha value is -2.39. The normalized spacial score (nSPS) is 13.3. The molecule has 0 aliphatic rings. The molecule has 0 saturated heterocycles. The van der Waals surface area contributed by atoms with Crippen molar-refractivity contribution in [3.8, 4) is 0 Å². The summed E-state index contributed by atoms with van der Waals surface area (Å²) in [4.78, 5) is 11.8. The number of aliphatic hydroxyl groups excluding tert-OH is 1. The second kappa shape index (κ2) is 7.79. The van der Waals surface area contributed by atoms with Crippen molar-refractivity contribution in [3.63, 3.8) is 0 Å². The predicted octanol–water partition coefficient (Wildman–Crippen LogP) is 6.08. The third-order valence-electron chi connectivity index (χ3n) is 5.26. The Balaban J connectivity index is 2.81. The summed E-state index contributed by atoms with van der Waals surface area (Å²) in [7, 11) is 0. The molecule has 2 rings (SSSR count). The Kier molecular flexibility index (Phi) is 6.15. The van der Waals surface area contributed by atoms with Gasteiger partial charge in [-0.1, -0.05) is 89.6 Å². The lowest BCUT2D eigenvalue weighted by Crippen LogP contribution is -2.19. The Morgan fingerprint density at radius 1 is 0.897 bits per heavy atom. The van der Waals surface area contributed by atoms with Gasteiger partial charge in [0.25, 0.3) is 0 Å². The summed E-state index contributed by atoms with van der Waals surface area (Å²) in [6.45, 7) is 20.4. The van der Waals surface area contributed by atoms with Crippen LogP contribution < -0.4 is 0 Å². The van der Waals surface area contributed by atoms with Crippen molar-refractivity contribution in [2.75, 3.05) is 0 Å². The molecule has 0 radical (unpaired) electrons. The highest BCUT2D eigenvalue weighted by atomic mass is 16.4. The van der Waals surface area contributed by atoms with E-state index in [9.17, 15) is 15.0 Å². The van der Waals surface area contributed by atoms with E-state index in [1.807, 2.05) is 58.9 Å². The van der Waals surface area contributed by atoms with E-state index in [4.69, 9.17) is 0 Å². The number of carboxylic acids is 1. The van der Waals surface area contributed by atoms with Gasteiger partial charge in [0, 0.05) is 0 Å². The van der Waals surface area contributed by atoms with E-state index in [2.05, 4.69) is 33.4 Å². The minimum atomic E-state index is -1.08. The molecule has 0 saturated carbocycles. The Labute approximate surface area is 175 Å². The molecule has 0 aliphatic carbocycles. The molecule has 2 N–H and O–H groups in total. The molecule has 1 unspecified atom stereocenters. The molecule has 3 nitrogen and oxygen atoms in total. The van der Waals surface area contributed by atoms with Gasteiger partial charge >= 0.3 is 5.97 Å². The van der Waals surface area contributed by atoms with Crippen molar-refractivity contribution in [2.45, 2.75) is 72.3 Å².